The molecule has 0 saturated carbocycles. The number of carboxylic acids is 1. The van der Waals surface area contributed by atoms with Gasteiger partial charge in [-0.15, -0.1) is 0 Å². The summed E-state index contributed by atoms with van der Waals surface area (Å²) in [6, 6.07) is 15.9. The zero-order chi connectivity index (χ0) is 17.1. The molecule has 0 radical (unpaired) electrons. The van der Waals surface area contributed by atoms with Crippen LogP contribution in [0.25, 0.3) is 0 Å². The number of nitrogens with zero attached hydrogens (tertiary/aromatic N) is 1. The lowest BCUT2D eigenvalue weighted by Crippen LogP contribution is -2.46. The summed E-state index contributed by atoms with van der Waals surface area (Å²) >= 11 is 0. The van der Waals surface area contributed by atoms with Crippen LogP contribution in [0.4, 0.5) is 0 Å². The van der Waals surface area contributed by atoms with Gasteiger partial charge in [-0.2, -0.15) is 0 Å². The minimum absolute atomic E-state index is 0.0874. The molecule has 2 atom stereocenters. The van der Waals surface area contributed by atoms with Crippen LogP contribution in [0, 0.1) is 0 Å². The van der Waals surface area contributed by atoms with E-state index in [0.29, 0.717) is 18.7 Å². The smallest absolute Gasteiger partial charge is 0.335 e. The van der Waals surface area contributed by atoms with Crippen LogP contribution in [0.3, 0.4) is 0 Å². The molecule has 5 nitrogen and oxygen atoms in total. The maximum atomic E-state index is 12.8. The molecule has 124 valence electrons. The molecule has 1 fully saturated rings. The Labute approximate surface area is 140 Å². The van der Waals surface area contributed by atoms with E-state index in [4.69, 9.17) is 9.84 Å². The second-order valence-electron chi connectivity index (χ2n) is 5.94. The predicted octanol–water partition coefficient (Wildman–Crippen LogP) is 2.99. The van der Waals surface area contributed by atoms with Crippen molar-refractivity contribution in [1.82, 2.24) is 4.90 Å². The van der Waals surface area contributed by atoms with E-state index in [-0.39, 0.29) is 23.7 Å². The highest BCUT2D eigenvalue weighted by Crippen LogP contribution is 2.26. The second kappa shape index (κ2) is 6.84. The Balaban J connectivity index is 1.81. The number of aromatic carboxylic acids is 1. The number of amides is 1. The van der Waals surface area contributed by atoms with E-state index in [0.717, 1.165) is 5.56 Å². The van der Waals surface area contributed by atoms with Crippen molar-refractivity contribution < 1.29 is 19.4 Å². The maximum absolute atomic E-state index is 12.8. The summed E-state index contributed by atoms with van der Waals surface area (Å²) in [4.78, 5) is 25.6. The molecule has 5 heteroatoms. The highest BCUT2D eigenvalue weighted by molar-refractivity contribution is 5.97. The standard InChI is InChI=1S/C19H19NO4/c1-13-11-20(12-17(24-13)14-6-3-2-4-7-14)18(21)15-8-5-9-16(10-15)19(22)23/h2-10,13,17H,11-12H2,1H3,(H,22,23)/t13-,17+/m0/s1. The van der Waals surface area contributed by atoms with Crippen molar-refractivity contribution in [2.75, 3.05) is 13.1 Å². The third-order valence-corrected chi connectivity index (χ3v) is 4.08. The van der Waals surface area contributed by atoms with Crippen molar-refractivity contribution in [2.45, 2.75) is 19.1 Å². The van der Waals surface area contributed by atoms with Crippen LogP contribution < -0.4 is 0 Å². The molecule has 24 heavy (non-hydrogen) atoms. The Morgan fingerprint density at radius 3 is 2.46 bits per heavy atom. The van der Waals surface area contributed by atoms with Crippen LogP contribution in [-0.4, -0.2) is 41.1 Å². The minimum atomic E-state index is -1.04. The number of hydrogen-bond donors (Lipinski definition) is 1. The normalized spacial score (nSPS) is 20.6. The van der Waals surface area contributed by atoms with Gasteiger partial charge in [0.1, 0.15) is 6.10 Å². The van der Waals surface area contributed by atoms with Gasteiger partial charge in [-0.05, 0) is 30.7 Å². The van der Waals surface area contributed by atoms with Crippen molar-refractivity contribution in [2.24, 2.45) is 0 Å². The van der Waals surface area contributed by atoms with Crippen molar-refractivity contribution in [3.8, 4) is 0 Å². The molecule has 1 aliphatic heterocycles. The lowest BCUT2D eigenvalue weighted by atomic mass is 10.0. The van der Waals surface area contributed by atoms with Gasteiger partial charge >= 0.3 is 5.97 Å². The summed E-state index contributed by atoms with van der Waals surface area (Å²) in [5, 5.41) is 9.09. The highest BCUT2D eigenvalue weighted by Gasteiger charge is 2.30. The number of ether oxygens (including phenoxy) is 1. The molecule has 0 bridgehead atoms. The van der Waals surface area contributed by atoms with Gasteiger partial charge in [0.05, 0.1) is 18.2 Å². The molecule has 0 spiro atoms. The van der Waals surface area contributed by atoms with E-state index in [1.807, 2.05) is 37.3 Å². The van der Waals surface area contributed by atoms with Gasteiger partial charge in [0.25, 0.3) is 5.91 Å². The van der Waals surface area contributed by atoms with E-state index in [9.17, 15) is 9.59 Å². The first-order valence-electron chi connectivity index (χ1n) is 7.87. The first-order chi connectivity index (χ1) is 11.5. The third-order valence-electron chi connectivity index (χ3n) is 4.08. The van der Waals surface area contributed by atoms with E-state index in [1.54, 1.807) is 17.0 Å². The molecule has 2 aromatic carbocycles. The van der Waals surface area contributed by atoms with Crippen LogP contribution in [0.5, 0.6) is 0 Å². The van der Waals surface area contributed by atoms with Crippen molar-refractivity contribution in [1.29, 1.82) is 0 Å². The van der Waals surface area contributed by atoms with Crippen LogP contribution in [0.1, 0.15) is 39.3 Å². The molecule has 1 N–H and O–H groups in total. The maximum Gasteiger partial charge on any atom is 0.335 e. The van der Waals surface area contributed by atoms with Crippen molar-refractivity contribution in [3.05, 3.63) is 71.3 Å². The Bertz CT molecular complexity index is 744. The van der Waals surface area contributed by atoms with Gasteiger partial charge in [0, 0.05) is 12.1 Å². The van der Waals surface area contributed by atoms with Gasteiger partial charge in [-0.25, -0.2) is 4.79 Å². The summed E-state index contributed by atoms with van der Waals surface area (Å²) in [6.07, 6.45) is -0.267. The summed E-state index contributed by atoms with van der Waals surface area (Å²) in [6.45, 7) is 2.87. The molecular formula is C19H19NO4. The van der Waals surface area contributed by atoms with E-state index < -0.39 is 5.97 Å². The zero-order valence-corrected chi connectivity index (χ0v) is 13.4. The Morgan fingerprint density at radius 2 is 1.75 bits per heavy atom. The van der Waals surface area contributed by atoms with Crippen LogP contribution in [0.2, 0.25) is 0 Å². The molecule has 1 saturated heterocycles. The number of morpholine rings is 1. The fraction of sp³-hybridized carbons (Fsp3) is 0.263. The monoisotopic (exact) mass is 325 g/mol. The fourth-order valence-corrected chi connectivity index (χ4v) is 2.94. The average molecular weight is 325 g/mol. The number of carboxylic acid groups (broad SMARTS) is 1. The van der Waals surface area contributed by atoms with Crippen LogP contribution in [0.15, 0.2) is 54.6 Å². The zero-order valence-electron chi connectivity index (χ0n) is 13.4. The molecule has 0 aromatic heterocycles. The lowest BCUT2D eigenvalue weighted by molar-refractivity contribution is -0.0691. The largest absolute Gasteiger partial charge is 0.478 e. The van der Waals surface area contributed by atoms with E-state index in [1.165, 1.54) is 12.1 Å². The number of hydrogen-bond acceptors (Lipinski definition) is 3. The van der Waals surface area contributed by atoms with Gasteiger partial charge in [-0.3, -0.25) is 4.79 Å². The first-order valence-corrected chi connectivity index (χ1v) is 7.87. The second-order valence-corrected chi connectivity index (χ2v) is 5.94. The summed E-state index contributed by atoms with van der Waals surface area (Å²) in [5.41, 5.74) is 1.53. The topological polar surface area (TPSA) is 66.8 Å². The molecule has 1 heterocycles. The first kappa shape index (κ1) is 16.2. The van der Waals surface area contributed by atoms with Crippen LogP contribution >= 0.6 is 0 Å². The average Bonchev–Trinajstić information content (AvgIpc) is 2.61. The quantitative estimate of drug-likeness (QED) is 0.942. The van der Waals surface area contributed by atoms with Crippen molar-refractivity contribution in [3.63, 3.8) is 0 Å². The molecule has 3 rings (SSSR count). The highest BCUT2D eigenvalue weighted by atomic mass is 16.5. The minimum Gasteiger partial charge on any atom is -0.478 e. The molecular weight excluding hydrogens is 306 g/mol. The van der Waals surface area contributed by atoms with E-state index in [2.05, 4.69) is 0 Å². The Morgan fingerprint density at radius 1 is 1.04 bits per heavy atom. The predicted molar refractivity (Wildman–Crippen MR) is 89.0 cm³/mol. The molecule has 0 aliphatic carbocycles. The Hall–Kier alpha value is -2.66. The number of carbonyl (C=O) groups excluding carboxylic acids is 1. The lowest BCUT2D eigenvalue weighted by Gasteiger charge is -2.37. The third kappa shape index (κ3) is 3.46. The fourth-order valence-electron chi connectivity index (χ4n) is 2.94. The summed E-state index contributed by atoms with van der Waals surface area (Å²) < 4.78 is 5.96. The van der Waals surface area contributed by atoms with E-state index >= 15 is 0 Å². The molecule has 1 aliphatic rings. The van der Waals surface area contributed by atoms with Gasteiger partial charge in [0.2, 0.25) is 0 Å². The molecule has 1 amide bonds. The molecule has 2 aromatic rings. The van der Waals surface area contributed by atoms with Crippen molar-refractivity contribution >= 4 is 11.9 Å². The Kier molecular flexibility index (Phi) is 4.62. The number of rotatable bonds is 3. The molecule has 0 unspecified atom stereocenters. The summed E-state index contributed by atoms with van der Waals surface area (Å²) in [5.74, 6) is -1.21. The van der Waals surface area contributed by atoms with Gasteiger partial charge in [0.15, 0.2) is 0 Å². The SMILES string of the molecule is C[C@H]1CN(C(=O)c2cccc(C(=O)O)c2)C[C@H](c2ccccc2)O1. The van der Waals surface area contributed by atoms with Crippen LogP contribution in [-0.2, 0) is 4.74 Å². The summed E-state index contributed by atoms with van der Waals surface area (Å²) in [7, 11) is 0. The number of carbonyl (C=O) groups is 2. The van der Waals surface area contributed by atoms with Gasteiger partial charge in [-0.1, -0.05) is 36.4 Å². The van der Waals surface area contributed by atoms with Gasteiger partial charge < -0.3 is 14.7 Å². The number of benzene rings is 2.